The van der Waals surface area contributed by atoms with Gasteiger partial charge in [0.25, 0.3) is 0 Å². The lowest BCUT2D eigenvalue weighted by molar-refractivity contribution is -0.133. The Morgan fingerprint density at radius 3 is 2.56 bits per heavy atom. The first-order valence-corrected chi connectivity index (χ1v) is 6.23. The maximum absolute atomic E-state index is 12.1. The number of likely N-dealkylation sites (tertiary alicyclic amines) is 1. The fourth-order valence-corrected chi connectivity index (χ4v) is 3.01. The minimum Gasteiger partial charge on any atom is -0.341 e. The van der Waals surface area contributed by atoms with Crippen LogP contribution in [-0.4, -0.2) is 36.0 Å². The molecular weight excluding hydrogens is 202 g/mol. The average molecular weight is 225 g/mol. The first-order valence-electron chi connectivity index (χ1n) is 6.23. The van der Waals surface area contributed by atoms with Gasteiger partial charge in [-0.25, -0.2) is 0 Å². The second-order valence-electron chi connectivity index (χ2n) is 5.95. The van der Waals surface area contributed by atoms with Crippen molar-refractivity contribution in [2.75, 3.05) is 13.1 Å². The standard InChI is InChI=1S/C12H23N3O/c1-8(2)10(14)11(16)15-4-3-12(7-15)5-9(13)6-12/h8-10H,3-7,13-14H2,1-2H3. The monoisotopic (exact) mass is 225 g/mol. The molecule has 4 heteroatoms. The number of carbonyl (C=O) groups is 1. The van der Waals surface area contributed by atoms with Gasteiger partial charge in [0.2, 0.25) is 5.91 Å². The van der Waals surface area contributed by atoms with Gasteiger partial charge in [-0.3, -0.25) is 4.79 Å². The molecule has 1 saturated carbocycles. The van der Waals surface area contributed by atoms with Crippen molar-refractivity contribution in [2.24, 2.45) is 22.8 Å². The molecule has 1 saturated heterocycles. The highest BCUT2D eigenvalue weighted by molar-refractivity contribution is 5.82. The summed E-state index contributed by atoms with van der Waals surface area (Å²) in [5, 5.41) is 0. The Balaban J connectivity index is 1.91. The molecule has 1 aliphatic carbocycles. The minimum atomic E-state index is -0.344. The Morgan fingerprint density at radius 1 is 1.44 bits per heavy atom. The third-order valence-electron chi connectivity index (χ3n) is 4.14. The van der Waals surface area contributed by atoms with Gasteiger partial charge in [-0.15, -0.1) is 0 Å². The molecule has 0 aromatic heterocycles. The number of rotatable bonds is 2. The van der Waals surface area contributed by atoms with Crippen molar-refractivity contribution in [1.29, 1.82) is 0 Å². The summed E-state index contributed by atoms with van der Waals surface area (Å²) in [5.74, 6) is 0.333. The fraction of sp³-hybridized carbons (Fsp3) is 0.917. The summed E-state index contributed by atoms with van der Waals surface area (Å²) >= 11 is 0. The summed E-state index contributed by atoms with van der Waals surface area (Å²) < 4.78 is 0. The molecule has 0 aromatic rings. The number of nitrogens with two attached hydrogens (primary N) is 2. The predicted molar refractivity (Wildman–Crippen MR) is 63.7 cm³/mol. The normalized spacial score (nSPS) is 35.6. The molecule has 0 radical (unpaired) electrons. The maximum Gasteiger partial charge on any atom is 0.239 e. The van der Waals surface area contributed by atoms with Crippen LogP contribution in [0.2, 0.25) is 0 Å². The second kappa shape index (κ2) is 4.00. The van der Waals surface area contributed by atoms with Crippen molar-refractivity contribution < 1.29 is 4.79 Å². The van der Waals surface area contributed by atoms with E-state index in [0.717, 1.165) is 32.4 Å². The molecule has 0 aromatic carbocycles. The topological polar surface area (TPSA) is 72.4 Å². The maximum atomic E-state index is 12.1. The van der Waals surface area contributed by atoms with Crippen LogP contribution < -0.4 is 11.5 Å². The first kappa shape index (κ1) is 11.9. The summed E-state index contributed by atoms with van der Waals surface area (Å²) in [4.78, 5) is 14.0. The van der Waals surface area contributed by atoms with Gasteiger partial charge in [0.15, 0.2) is 0 Å². The summed E-state index contributed by atoms with van der Waals surface area (Å²) in [7, 11) is 0. The molecule has 2 aliphatic rings. The van der Waals surface area contributed by atoms with Crippen molar-refractivity contribution in [3.05, 3.63) is 0 Å². The van der Waals surface area contributed by atoms with Gasteiger partial charge in [-0.05, 0) is 30.6 Å². The Labute approximate surface area is 97.3 Å². The van der Waals surface area contributed by atoms with Crippen molar-refractivity contribution in [2.45, 2.75) is 45.2 Å². The number of nitrogens with zero attached hydrogens (tertiary/aromatic N) is 1. The predicted octanol–water partition coefficient (Wildman–Crippen LogP) is 0.310. The highest BCUT2D eigenvalue weighted by Gasteiger charge is 2.48. The van der Waals surface area contributed by atoms with Crippen LogP contribution in [0.3, 0.4) is 0 Å². The van der Waals surface area contributed by atoms with E-state index in [1.165, 1.54) is 0 Å². The zero-order valence-electron chi connectivity index (χ0n) is 10.3. The highest BCUT2D eigenvalue weighted by atomic mass is 16.2. The van der Waals surface area contributed by atoms with E-state index in [0.29, 0.717) is 11.5 Å². The van der Waals surface area contributed by atoms with Gasteiger partial charge in [0.1, 0.15) is 0 Å². The summed E-state index contributed by atoms with van der Waals surface area (Å²) in [6, 6.07) is 0.0118. The lowest BCUT2D eigenvalue weighted by Crippen LogP contribution is -2.50. The molecular formula is C12H23N3O. The molecule has 1 spiro atoms. The van der Waals surface area contributed by atoms with E-state index in [1.807, 2.05) is 18.7 Å². The summed E-state index contributed by atoms with van der Waals surface area (Å²) in [5.41, 5.74) is 12.1. The van der Waals surface area contributed by atoms with E-state index < -0.39 is 0 Å². The Hall–Kier alpha value is -0.610. The molecule has 0 bridgehead atoms. The highest BCUT2D eigenvalue weighted by Crippen LogP contribution is 2.47. The molecule has 1 heterocycles. The van der Waals surface area contributed by atoms with Gasteiger partial charge >= 0.3 is 0 Å². The van der Waals surface area contributed by atoms with E-state index in [-0.39, 0.29) is 17.9 Å². The van der Waals surface area contributed by atoms with Crippen LogP contribution >= 0.6 is 0 Å². The van der Waals surface area contributed by atoms with Crippen LogP contribution in [-0.2, 0) is 4.79 Å². The van der Waals surface area contributed by atoms with E-state index in [9.17, 15) is 4.79 Å². The third kappa shape index (κ3) is 1.96. The molecule has 1 atom stereocenters. The van der Waals surface area contributed by atoms with Crippen LogP contribution in [0.25, 0.3) is 0 Å². The van der Waals surface area contributed by atoms with E-state index in [1.54, 1.807) is 0 Å². The zero-order chi connectivity index (χ0) is 11.9. The smallest absolute Gasteiger partial charge is 0.239 e. The molecule has 16 heavy (non-hydrogen) atoms. The lowest BCUT2D eigenvalue weighted by Gasteiger charge is -2.43. The van der Waals surface area contributed by atoms with Crippen molar-refractivity contribution in [1.82, 2.24) is 4.90 Å². The van der Waals surface area contributed by atoms with Gasteiger partial charge in [-0.2, -0.15) is 0 Å². The number of amides is 1. The Bertz CT molecular complexity index is 284. The SMILES string of the molecule is CC(C)C(N)C(=O)N1CCC2(CC(N)C2)C1. The number of carbonyl (C=O) groups excluding carboxylic acids is 1. The summed E-state index contributed by atoms with van der Waals surface area (Å²) in [6.45, 7) is 5.73. The van der Waals surface area contributed by atoms with Crippen molar-refractivity contribution >= 4 is 5.91 Å². The minimum absolute atomic E-state index is 0.118. The van der Waals surface area contributed by atoms with Crippen molar-refractivity contribution in [3.63, 3.8) is 0 Å². The molecule has 2 fully saturated rings. The Morgan fingerprint density at radius 2 is 2.06 bits per heavy atom. The van der Waals surface area contributed by atoms with Crippen LogP contribution in [0.15, 0.2) is 0 Å². The zero-order valence-corrected chi connectivity index (χ0v) is 10.3. The fourth-order valence-electron chi connectivity index (χ4n) is 3.01. The molecule has 1 aliphatic heterocycles. The van der Waals surface area contributed by atoms with Crippen molar-refractivity contribution in [3.8, 4) is 0 Å². The largest absolute Gasteiger partial charge is 0.341 e. The summed E-state index contributed by atoms with van der Waals surface area (Å²) in [6.07, 6.45) is 3.26. The van der Waals surface area contributed by atoms with Crippen LogP contribution in [0.5, 0.6) is 0 Å². The first-order chi connectivity index (χ1) is 7.43. The second-order valence-corrected chi connectivity index (χ2v) is 5.95. The molecule has 1 unspecified atom stereocenters. The van der Waals surface area contributed by atoms with Gasteiger partial charge < -0.3 is 16.4 Å². The third-order valence-corrected chi connectivity index (χ3v) is 4.14. The average Bonchev–Trinajstić information content (AvgIpc) is 2.60. The van der Waals surface area contributed by atoms with Gasteiger partial charge in [-0.1, -0.05) is 13.8 Å². The van der Waals surface area contributed by atoms with E-state index >= 15 is 0 Å². The van der Waals surface area contributed by atoms with Crippen LogP contribution in [0, 0.1) is 11.3 Å². The van der Waals surface area contributed by atoms with Crippen LogP contribution in [0.4, 0.5) is 0 Å². The molecule has 1 amide bonds. The van der Waals surface area contributed by atoms with E-state index in [4.69, 9.17) is 11.5 Å². The van der Waals surface area contributed by atoms with E-state index in [2.05, 4.69) is 0 Å². The molecule has 4 N–H and O–H groups in total. The molecule has 2 rings (SSSR count). The number of hydrogen-bond donors (Lipinski definition) is 2. The Kier molecular flexibility index (Phi) is 2.97. The number of hydrogen-bond acceptors (Lipinski definition) is 3. The molecule has 4 nitrogen and oxygen atoms in total. The van der Waals surface area contributed by atoms with Gasteiger partial charge in [0, 0.05) is 19.1 Å². The lowest BCUT2D eigenvalue weighted by atomic mass is 9.65. The van der Waals surface area contributed by atoms with Gasteiger partial charge in [0.05, 0.1) is 6.04 Å². The molecule has 92 valence electrons. The quantitative estimate of drug-likeness (QED) is 0.710. The van der Waals surface area contributed by atoms with Crippen LogP contribution in [0.1, 0.15) is 33.1 Å².